The van der Waals surface area contributed by atoms with Gasteiger partial charge in [0.1, 0.15) is 5.75 Å². The zero-order valence-electron chi connectivity index (χ0n) is 15.2. The van der Waals surface area contributed by atoms with Gasteiger partial charge in [-0.2, -0.15) is 0 Å². The topological polar surface area (TPSA) is 77.1 Å². The second-order valence-corrected chi connectivity index (χ2v) is 5.79. The molecule has 7 nitrogen and oxygen atoms in total. The van der Waals surface area contributed by atoms with E-state index >= 15 is 0 Å². The summed E-state index contributed by atoms with van der Waals surface area (Å²) >= 11 is 0. The highest BCUT2D eigenvalue weighted by molar-refractivity contribution is 6.05. The number of hydrogen-bond donors (Lipinski definition) is 1. The van der Waals surface area contributed by atoms with Crippen LogP contribution in [0.1, 0.15) is 10.4 Å². The Bertz CT molecular complexity index is 894. The van der Waals surface area contributed by atoms with Gasteiger partial charge in [0, 0.05) is 17.8 Å². The van der Waals surface area contributed by atoms with E-state index in [9.17, 15) is 9.59 Å². The van der Waals surface area contributed by atoms with Gasteiger partial charge in [-0.25, -0.2) is 0 Å². The highest BCUT2D eigenvalue weighted by Crippen LogP contribution is 2.35. The minimum Gasteiger partial charge on any atom is -0.493 e. The molecule has 1 aliphatic rings. The molecule has 0 atom stereocenters. The SMILES string of the molecule is C=CCN1C(=O)COc2ccc(NC(=O)c3ccc(OC)c(OC)c3)cc21. The van der Waals surface area contributed by atoms with Crippen molar-refractivity contribution in [2.24, 2.45) is 0 Å². The Kier molecular flexibility index (Phi) is 5.30. The normalized spacial score (nSPS) is 12.7. The number of fused-ring (bicyclic) bond motifs is 1. The van der Waals surface area contributed by atoms with Crippen LogP contribution in [0.15, 0.2) is 49.1 Å². The number of nitrogens with zero attached hydrogens (tertiary/aromatic N) is 1. The first-order valence-electron chi connectivity index (χ1n) is 8.29. The van der Waals surface area contributed by atoms with Gasteiger partial charge in [0.2, 0.25) is 0 Å². The van der Waals surface area contributed by atoms with Gasteiger partial charge in [-0.1, -0.05) is 6.08 Å². The number of ether oxygens (including phenoxy) is 3. The van der Waals surface area contributed by atoms with Crippen LogP contribution in [0.25, 0.3) is 0 Å². The van der Waals surface area contributed by atoms with E-state index < -0.39 is 0 Å². The smallest absolute Gasteiger partial charge is 0.265 e. The molecule has 27 heavy (non-hydrogen) atoms. The number of nitrogens with one attached hydrogen (secondary N) is 1. The molecule has 140 valence electrons. The summed E-state index contributed by atoms with van der Waals surface area (Å²) in [6, 6.07) is 10.1. The zero-order chi connectivity index (χ0) is 19.4. The van der Waals surface area contributed by atoms with Crippen LogP contribution in [-0.2, 0) is 4.79 Å². The van der Waals surface area contributed by atoms with Crippen LogP contribution in [0.3, 0.4) is 0 Å². The Morgan fingerprint density at radius 2 is 2.00 bits per heavy atom. The predicted octanol–water partition coefficient (Wildman–Crippen LogP) is 2.87. The average molecular weight is 368 g/mol. The molecule has 0 fully saturated rings. The lowest BCUT2D eigenvalue weighted by Crippen LogP contribution is -2.38. The lowest BCUT2D eigenvalue weighted by molar-refractivity contribution is -0.121. The van der Waals surface area contributed by atoms with Gasteiger partial charge >= 0.3 is 0 Å². The van der Waals surface area contributed by atoms with Crippen molar-refractivity contribution in [2.45, 2.75) is 0 Å². The Morgan fingerprint density at radius 1 is 1.22 bits per heavy atom. The second-order valence-electron chi connectivity index (χ2n) is 5.79. The number of benzene rings is 2. The minimum absolute atomic E-state index is 0.0157. The molecule has 0 saturated carbocycles. The summed E-state index contributed by atoms with van der Waals surface area (Å²) in [7, 11) is 3.04. The van der Waals surface area contributed by atoms with Crippen molar-refractivity contribution in [3.63, 3.8) is 0 Å². The molecule has 1 aliphatic heterocycles. The lowest BCUT2D eigenvalue weighted by Gasteiger charge is -2.28. The molecule has 1 heterocycles. The van der Waals surface area contributed by atoms with E-state index in [1.165, 1.54) is 14.2 Å². The van der Waals surface area contributed by atoms with Crippen LogP contribution >= 0.6 is 0 Å². The van der Waals surface area contributed by atoms with Gasteiger partial charge < -0.3 is 24.4 Å². The van der Waals surface area contributed by atoms with Gasteiger partial charge in [0.05, 0.1) is 19.9 Å². The maximum Gasteiger partial charge on any atom is 0.265 e. The fraction of sp³-hybridized carbons (Fsp3) is 0.200. The van der Waals surface area contributed by atoms with Gasteiger partial charge in [-0.3, -0.25) is 9.59 Å². The van der Waals surface area contributed by atoms with Gasteiger partial charge in [-0.15, -0.1) is 6.58 Å². The van der Waals surface area contributed by atoms with E-state index in [1.807, 2.05) is 0 Å². The number of amides is 2. The largest absolute Gasteiger partial charge is 0.493 e. The van der Waals surface area contributed by atoms with Crippen molar-refractivity contribution < 1.29 is 23.8 Å². The summed E-state index contributed by atoms with van der Waals surface area (Å²) in [5, 5.41) is 2.82. The van der Waals surface area contributed by atoms with Crippen LogP contribution in [0.2, 0.25) is 0 Å². The molecule has 0 aliphatic carbocycles. The Labute approximate surface area is 157 Å². The molecule has 7 heteroatoms. The summed E-state index contributed by atoms with van der Waals surface area (Å²) in [5.41, 5.74) is 1.55. The Morgan fingerprint density at radius 3 is 2.70 bits per heavy atom. The molecule has 0 saturated heterocycles. The number of methoxy groups -OCH3 is 2. The third kappa shape index (κ3) is 3.72. The van der Waals surface area contributed by atoms with Gasteiger partial charge in [-0.05, 0) is 36.4 Å². The molecular formula is C20H20N2O5. The van der Waals surface area contributed by atoms with Gasteiger partial charge in [0.25, 0.3) is 11.8 Å². The van der Waals surface area contributed by atoms with Crippen LogP contribution < -0.4 is 24.4 Å². The summed E-state index contributed by atoms with van der Waals surface area (Å²) in [6.07, 6.45) is 1.64. The summed E-state index contributed by atoms with van der Waals surface area (Å²) in [5.74, 6) is 1.12. The van der Waals surface area contributed by atoms with Crippen molar-refractivity contribution in [2.75, 3.05) is 37.6 Å². The Balaban J connectivity index is 1.85. The first-order chi connectivity index (χ1) is 13.1. The molecule has 0 aromatic heterocycles. The highest BCUT2D eigenvalue weighted by Gasteiger charge is 2.25. The lowest BCUT2D eigenvalue weighted by atomic mass is 10.1. The summed E-state index contributed by atoms with van der Waals surface area (Å²) in [4.78, 5) is 26.2. The molecule has 0 bridgehead atoms. The maximum absolute atomic E-state index is 12.6. The molecule has 2 amide bonds. The first-order valence-corrected chi connectivity index (χ1v) is 8.29. The zero-order valence-corrected chi connectivity index (χ0v) is 15.2. The Hall–Kier alpha value is -3.48. The van der Waals surface area contributed by atoms with E-state index in [0.717, 1.165) is 0 Å². The average Bonchev–Trinajstić information content (AvgIpc) is 2.69. The van der Waals surface area contributed by atoms with E-state index in [1.54, 1.807) is 47.4 Å². The first kappa shape index (κ1) is 18.3. The highest BCUT2D eigenvalue weighted by atomic mass is 16.5. The second kappa shape index (κ2) is 7.82. The van der Waals surface area contributed by atoms with E-state index in [-0.39, 0.29) is 18.4 Å². The standard InChI is InChI=1S/C20H20N2O5/c1-4-9-22-15-11-14(6-8-16(15)27-12-19(22)23)21-20(24)13-5-7-17(25-2)18(10-13)26-3/h4-8,10-11H,1,9,12H2,2-3H3,(H,21,24). The van der Waals surface area contributed by atoms with E-state index in [2.05, 4.69) is 11.9 Å². The molecule has 0 spiro atoms. The van der Waals surface area contributed by atoms with Crippen molar-refractivity contribution >= 4 is 23.2 Å². The van der Waals surface area contributed by atoms with Crippen molar-refractivity contribution in [3.8, 4) is 17.2 Å². The van der Waals surface area contributed by atoms with E-state index in [0.29, 0.717) is 40.7 Å². The number of carbonyl (C=O) groups is 2. The van der Waals surface area contributed by atoms with Crippen molar-refractivity contribution in [3.05, 3.63) is 54.6 Å². The molecule has 2 aromatic carbocycles. The quantitative estimate of drug-likeness (QED) is 0.794. The van der Waals surface area contributed by atoms with Crippen molar-refractivity contribution in [1.82, 2.24) is 0 Å². The van der Waals surface area contributed by atoms with Crippen molar-refractivity contribution in [1.29, 1.82) is 0 Å². The monoisotopic (exact) mass is 368 g/mol. The molecule has 0 unspecified atom stereocenters. The number of rotatable bonds is 6. The molecule has 0 radical (unpaired) electrons. The fourth-order valence-electron chi connectivity index (χ4n) is 2.79. The summed E-state index contributed by atoms with van der Waals surface area (Å²) < 4.78 is 15.9. The number of carbonyl (C=O) groups excluding carboxylic acids is 2. The third-order valence-corrected chi connectivity index (χ3v) is 4.12. The fourth-order valence-corrected chi connectivity index (χ4v) is 2.79. The summed E-state index contributed by atoms with van der Waals surface area (Å²) in [6.45, 7) is 4.02. The molecule has 3 rings (SSSR count). The maximum atomic E-state index is 12.6. The van der Waals surface area contributed by atoms with Crippen LogP contribution in [0, 0.1) is 0 Å². The number of anilines is 2. The van der Waals surface area contributed by atoms with Crippen LogP contribution in [-0.4, -0.2) is 39.2 Å². The van der Waals surface area contributed by atoms with Gasteiger partial charge in [0.15, 0.2) is 18.1 Å². The van der Waals surface area contributed by atoms with Crippen LogP contribution in [0.4, 0.5) is 11.4 Å². The molecule has 2 aromatic rings. The molecule has 1 N–H and O–H groups in total. The minimum atomic E-state index is -0.311. The molecular weight excluding hydrogens is 348 g/mol. The number of hydrogen-bond acceptors (Lipinski definition) is 5. The third-order valence-electron chi connectivity index (χ3n) is 4.12. The predicted molar refractivity (Wildman–Crippen MR) is 102 cm³/mol. The van der Waals surface area contributed by atoms with Crippen LogP contribution in [0.5, 0.6) is 17.2 Å². The van der Waals surface area contributed by atoms with E-state index in [4.69, 9.17) is 14.2 Å².